The lowest BCUT2D eigenvalue weighted by molar-refractivity contribution is 0.204. The van der Waals surface area contributed by atoms with Crippen LogP contribution >= 0.6 is 0 Å². The number of nitrogens with one attached hydrogen (secondary N) is 2. The van der Waals surface area contributed by atoms with Crippen molar-refractivity contribution in [1.29, 1.82) is 0 Å². The molecule has 0 radical (unpaired) electrons. The number of rotatable bonds is 4. The molecule has 2 heterocycles. The van der Waals surface area contributed by atoms with E-state index in [0.29, 0.717) is 6.04 Å². The second-order valence-corrected chi connectivity index (χ2v) is 5.56. The molecule has 1 aliphatic carbocycles. The standard InChI is InChI=1S/C14H21FN4O/c15-12-9-17-14(20-11-6-7-16-8-11)19-13(12)18-10-4-2-1-3-5-10/h9-11,16H,1-8H2,(H,17,18,19). The zero-order chi connectivity index (χ0) is 13.8. The van der Waals surface area contributed by atoms with E-state index in [1.165, 1.54) is 25.5 Å². The predicted molar refractivity (Wildman–Crippen MR) is 74.4 cm³/mol. The average molecular weight is 280 g/mol. The molecule has 20 heavy (non-hydrogen) atoms. The largest absolute Gasteiger partial charge is 0.459 e. The van der Waals surface area contributed by atoms with Crippen LogP contribution in [0.4, 0.5) is 10.2 Å². The summed E-state index contributed by atoms with van der Waals surface area (Å²) in [5, 5.41) is 6.41. The van der Waals surface area contributed by atoms with Crippen molar-refractivity contribution in [2.45, 2.75) is 50.7 Å². The van der Waals surface area contributed by atoms with Gasteiger partial charge < -0.3 is 15.4 Å². The molecule has 6 heteroatoms. The lowest BCUT2D eigenvalue weighted by atomic mass is 9.95. The minimum Gasteiger partial charge on any atom is -0.459 e. The molecule has 1 atom stereocenters. The van der Waals surface area contributed by atoms with Gasteiger partial charge in [-0.25, -0.2) is 9.37 Å². The fourth-order valence-corrected chi connectivity index (χ4v) is 2.83. The fourth-order valence-electron chi connectivity index (χ4n) is 2.83. The molecule has 2 fully saturated rings. The molecular weight excluding hydrogens is 259 g/mol. The highest BCUT2D eigenvalue weighted by molar-refractivity contribution is 5.37. The quantitative estimate of drug-likeness (QED) is 0.884. The Morgan fingerprint density at radius 1 is 1.25 bits per heavy atom. The smallest absolute Gasteiger partial charge is 0.318 e. The van der Waals surface area contributed by atoms with Gasteiger partial charge in [-0.3, -0.25) is 0 Å². The molecule has 1 aromatic heterocycles. The van der Waals surface area contributed by atoms with Crippen molar-refractivity contribution in [3.8, 4) is 6.01 Å². The highest BCUT2D eigenvalue weighted by Gasteiger charge is 2.20. The van der Waals surface area contributed by atoms with E-state index in [-0.39, 0.29) is 17.9 Å². The van der Waals surface area contributed by atoms with Crippen molar-refractivity contribution in [2.24, 2.45) is 0 Å². The van der Waals surface area contributed by atoms with Crippen LogP contribution in [0, 0.1) is 5.82 Å². The molecule has 1 aromatic rings. The molecule has 0 bridgehead atoms. The number of aromatic nitrogens is 2. The maximum Gasteiger partial charge on any atom is 0.318 e. The van der Waals surface area contributed by atoms with Crippen LogP contribution in [-0.2, 0) is 0 Å². The molecule has 0 spiro atoms. The first-order valence-corrected chi connectivity index (χ1v) is 7.48. The van der Waals surface area contributed by atoms with Crippen LogP contribution in [0.2, 0.25) is 0 Å². The van der Waals surface area contributed by atoms with E-state index in [2.05, 4.69) is 20.6 Å². The first-order chi connectivity index (χ1) is 9.81. The van der Waals surface area contributed by atoms with Crippen molar-refractivity contribution in [1.82, 2.24) is 15.3 Å². The highest BCUT2D eigenvalue weighted by Crippen LogP contribution is 2.23. The Morgan fingerprint density at radius 2 is 2.10 bits per heavy atom. The lowest BCUT2D eigenvalue weighted by Crippen LogP contribution is -2.24. The number of halogens is 1. The molecule has 1 unspecified atom stereocenters. The van der Waals surface area contributed by atoms with Crippen molar-refractivity contribution in [3.05, 3.63) is 12.0 Å². The van der Waals surface area contributed by atoms with Gasteiger partial charge in [0.15, 0.2) is 11.6 Å². The van der Waals surface area contributed by atoms with E-state index < -0.39 is 5.82 Å². The number of nitrogens with zero attached hydrogens (tertiary/aromatic N) is 2. The number of hydrogen-bond donors (Lipinski definition) is 2. The van der Waals surface area contributed by atoms with Crippen LogP contribution < -0.4 is 15.4 Å². The summed E-state index contributed by atoms with van der Waals surface area (Å²) in [4.78, 5) is 8.10. The van der Waals surface area contributed by atoms with E-state index in [1.54, 1.807) is 0 Å². The third-order valence-electron chi connectivity index (χ3n) is 3.96. The summed E-state index contributed by atoms with van der Waals surface area (Å²) >= 11 is 0. The molecule has 110 valence electrons. The summed E-state index contributed by atoms with van der Waals surface area (Å²) < 4.78 is 19.5. The van der Waals surface area contributed by atoms with Gasteiger partial charge in [-0.05, 0) is 25.8 Å². The Balaban J connectivity index is 1.65. The van der Waals surface area contributed by atoms with Crippen molar-refractivity contribution < 1.29 is 9.13 Å². The summed E-state index contributed by atoms with van der Waals surface area (Å²) in [6.07, 6.45) is 8.03. The zero-order valence-electron chi connectivity index (χ0n) is 11.6. The van der Waals surface area contributed by atoms with E-state index in [0.717, 1.165) is 32.4 Å². The van der Waals surface area contributed by atoms with E-state index >= 15 is 0 Å². The Morgan fingerprint density at radius 3 is 2.85 bits per heavy atom. The molecule has 1 aliphatic heterocycles. The summed E-state index contributed by atoms with van der Waals surface area (Å²) in [6, 6.07) is 0.576. The Bertz CT molecular complexity index is 445. The number of anilines is 1. The Labute approximate surface area is 118 Å². The van der Waals surface area contributed by atoms with Gasteiger partial charge >= 0.3 is 6.01 Å². The summed E-state index contributed by atoms with van der Waals surface area (Å²) in [6.45, 7) is 1.74. The van der Waals surface area contributed by atoms with E-state index in [1.807, 2.05) is 0 Å². The lowest BCUT2D eigenvalue weighted by Gasteiger charge is -2.23. The van der Waals surface area contributed by atoms with Crippen LogP contribution in [0.5, 0.6) is 6.01 Å². The molecular formula is C14H21FN4O. The molecule has 2 aliphatic rings. The maximum absolute atomic E-state index is 13.8. The van der Waals surface area contributed by atoms with Crippen molar-refractivity contribution in [2.75, 3.05) is 18.4 Å². The first kappa shape index (κ1) is 13.5. The normalized spacial score (nSPS) is 23.8. The number of ether oxygens (including phenoxy) is 1. The summed E-state index contributed by atoms with van der Waals surface area (Å²) in [7, 11) is 0. The third kappa shape index (κ3) is 3.36. The molecule has 0 aromatic carbocycles. The molecule has 3 rings (SSSR count). The van der Waals surface area contributed by atoms with Gasteiger partial charge in [0.25, 0.3) is 0 Å². The molecule has 1 saturated carbocycles. The molecule has 2 N–H and O–H groups in total. The van der Waals surface area contributed by atoms with Crippen LogP contribution in [0.3, 0.4) is 0 Å². The van der Waals surface area contributed by atoms with Crippen molar-refractivity contribution in [3.63, 3.8) is 0 Å². The van der Waals surface area contributed by atoms with Gasteiger partial charge in [-0.15, -0.1) is 0 Å². The molecule has 0 amide bonds. The van der Waals surface area contributed by atoms with E-state index in [4.69, 9.17) is 4.74 Å². The van der Waals surface area contributed by atoms with Crippen molar-refractivity contribution >= 4 is 5.82 Å². The SMILES string of the molecule is Fc1cnc(OC2CCNC2)nc1NC1CCCCC1. The van der Waals surface area contributed by atoms with Crippen LogP contribution in [-0.4, -0.2) is 35.2 Å². The summed E-state index contributed by atoms with van der Waals surface area (Å²) in [5.41, 5.74) is 0. The predicted octanol–water partition coefficient (Wildman–Crippen LogP) is 2.10. The number of hydrogen-bond acceptors (Lipinski definition) is 5. The highest BCUT2D eigenvalue weighted by atomic mass is 19.1. The topological polar surface area (TPSA) is 59.1 Å². The third-order valence-corrected chi connectivity index (χ3v) is 3.96. The summed E-state index contributed by atoms with van der Waals surface area (Å²) in [5.74, 6) is -0.139. The van der Waals surface area contributed by atoms with Gasteiger partial charge in [0.05, 0.1) is 6.20 Å². The molecule has 1 saturated heterocycles. The van der Waals surface area contributed by atoms with Gasteiger partial charge in [-0.2, -0.15) is 4.98 Å². The molecule has 5 nitrogen and oxygen atoms in total. The Hall–Kier alpha value is -1.43. The monoisotopic (exact) mass is 280 g/mol. The second-order valence-electron chi connectivity index (χ2n) is 5.56. The zero-order valence-corrected chi connectivity index (χ0v) is 11.6. The second kappa shape index (κ2) is 6.35. The first-order valence-electron chi connectivity index (χ1n) is 7.48. The van der Waals surface area contributed by atoms with Gasteiger partial charge in [0, 0.05) is 12.6 Å². The van der Waals surface area contributed by atoms with Crippen LogP contribution in [0.1, 0.15) is 38.5 Å². The van der Waals surface area contributed by atoms with E-state index in [9.17, 15) is 4.39 Å². The minimum atomic E-state index is -0.410. The average Bonchev–Trinajstić information content (AvgIpc) is 2.97. The maximum atomic E-state index is 13.8. The van der Waals surface area contributed by atoms with Crippen LogP contribution in [0.15, 0.2) is 6.20 Å². The minimum absolute atomic E-state index is 0.0861. The fraction of sp³-hybridized carbons (Fsp3) is 0.714. The van der Waals surface area contributed by atoms with Gasteiger partial charge in [-0.1, -0.05) is 19.3 Å². The Kier molecular flexibility index (Phi) is 4.30. The van der Waals surface area contributed by atoms with Gasteiger partial charge in [0.2, 0.25) is 0 Å². The van der Waals surface area contributed by atoms with Gasteiger partial charge in [0.1, 0.15) is 6.10 Å². The van der Waals surface area contributed by atoms with Crippen LogP contribution in [0.25, 0.3) is 0 Å².